The van der Waals surface area contributed by atoms with E-state index in [4.69, 9.17) is 10.2 Å². The Labute approximate surface area is 135 Å². The molecule has 4 aliphatic carbocycles. The van der Waals surface area contributed by atoms with Crippen molar-refractivity contribution in [2.24, 2.45) is 35.5 Å². The fourth-order valence-electron chi connectivity index (χ4n) is 4.93. The summed E-state index contributed by atoms with van der Waals surface area (Å²) in [5.74, 6) is 4.79. The van der Waals surface area contributed by atoms with Crippen molar-refractivity contribution in [2.75, 3.05) is 13.2 Å². The fourth-order valence-corrected chi connectivity index (χ4v) is 4.93. The second-order valence-corrected chi connectivity index (χ2v) is 7.60. The summed E-state index contributed by atoms with van der Waals surface area (Å²) in [6.07, 6.45) is 19.4. The minimum atomic E-state index is 0.426. The van der Waals surface area contributed by atoms with Gasteiger partial charge in [0.1, 0.15) is 0 Å². The Kier molecular flexibility index (Phi) is 5.76. The maximum Gasteiger partial charge on any atom is 0.0464 e. The van der Waals surface area contributed by atoms with Crippen LogP contribution in [-0.4, -0.2) is 23.4 Å². The number of hydrogen-bond acceptors (Lipinski definition) is 2. The van der Waals surface area contributed by atoms with Gasteiger partial charge in [-0.25, -0.2) is 0 Å². The molecule has 0 saturated heterocycles. The third kappa shape index (κ3) is 3.83. The van der Waals surface area contributed by atoms with E-state index >= 15 is 0 Å². The lowest BCUT2D eigenvalue weighted by Gasteiger charge is -1.99. The largest absolute Gasteiger partial charge is 0.396 e. The monoisotopic (exact) mass is 304 g/mol. The first-order valence-corrected chi connectivity index (χ1v) is 9.38. The molecule has 6 atom stereocenters. The SMILES string of the molecule is OCC1[C@H]2CC/C=C/CC[C@@H]12.OCC1[C@H]2CC/C=C\CC[C@@H]12. The third-order valence-electron chi connectivity index (χ3n) is 6.44. The highest BCUT2D eigenvalue weighted by atomic mass is 16.3. The van der Waals surface area contributed by atoms with Gasteiger partial charge < -0.3 is 10.2 Å². The maximum atomic E-state index is 9.00. The number of rotatable bonds is 2. The molecule has 2 heteroatoms. The van der Waals surface area contributed by atoms with Gasteiger partial charge in [0.25, 0.3) is 0 Å². The lowest BCUT2D eigenvalue weighted by Crippen LogP contribution is -1.88. The Morgan fingerprint density at radius 2 is 0.818 bits per heavy atom. The molecule has 0 aromatic carbocycles. The van der Waals surface area contributed by atoms with Gasteiger partial charge in [0.15, 0.2) is 0 Å². The summed E-state index contributed by atoms with van der Waals surface area (Å²) < 4.78 is 0. The van der Waals surface area contributed by atoms with E-state index < -0.39 is 0 Å². The van der Waals surface area contributed by atoms with E-state index in [-0.39, 0.29) is 0 Å². The number of fused-ring (bicyclic) bond motifs is 2. The van der Waals surface area contributed by atoms with E-state index in [0.29, 0.717) is 25.0 Å². The van der Waals surface area contributed by atoms with Crippen molar-refractivity contribution in [3.63, 3.8) is 0 Å². The molecule has 0 bridgehead atoms. The number of aliphatic hydroxyl groups excluding tert-OH is 2. The molecule has 0 aromatic rings. The summed E-state index contributed by atoms with van der Waals surface area (Å²) in [6, 6.07) is 0. The summed E-state index contributed by atoms with van der Waals surface area (Å²) in [6.45, 7) is 0.852. The summed E-state index contributed by atoms with van der Waals surface area (Å²) in [5, 5.41) is 18.0. The molecule has 22 heavy (non-hydrogen) atoms. The summed E-state index contributed by atoms with van der Waals surface area (Å²) >= 11 is 0. The van der Waals surface area contributed by atoms with Gasteiger partial charge in [-0.3, -0.25) is 0 Å². The number of hydrogen-bond donors (Lipinski definition) is 2. The van der Waals surface area contributed by atoms with Gasteiger partial charge in [0.05, 0.1) is 0 Å². The van der Waals surface area contributed by atoms with Crippen LogP contribution in [0.15, 0.2) is 24.3 Å². The molecule has 2 N–H and O–H groups in total. The van der Waals surface area contributed by atoms with Crippen LogP contribution in [0.2, 0.25) is 0 Å². The Morgan fingerprint density at radius 3 is 1.05 bits per heavy atom. The average Bonchev–Trinajstić information content (AvgIpc) is 3.34. The van der Waals surface area contributed by atoms with Gasteiger partial charge in [-0.2, -0.15) is 0 Å². The standard InChI is InChI=1S/2C10H16O/c2*11-7-10-8-5-3-1-2-4-6-9(8)10/h2*1-2,8-11H,3-7H2/b2-1+;2-1-/t2*8-,9+,10?. The van der Waals surface area contributed by atoms with Crippen LogP contribution < -0.4 is 0 Å². The predicted octanol–water partition coefficient (Wildman–Crippen LogP) is 3.94. The van der Waals surface area contributed by atoms with Crippen LogP contribution >= 0.6 is 0 Å². The molecule has 2 unspecified atom stereocenters. The minimum Gasteiger partial charge on any atom is -0.396 e. The van der Waals surface area contributed by atoms with Crippen molar-refractivity contribution in [1.82, 2.24) is 0 Å². The minimum absolute atomic E-state index is 0.426. The topological polar surface area (TPSA) is 40.5 Å². The smallest absolute Gasteiger partial charge is 0.0464 e. The van der Waals surface area contributed by atoms with Crippen LogP contribution in [0.25, 0.3) is 0 Å². The van der Waals surface area contributed by atoms with Crippen LogP contribution in [0.5, 0.6) is 0 Å². The summed E-state index contributed by atoms with van der Waals surface area (Å²) in [4.78, 5) is 0. The predicted molar refractivity (Wildman–Crippen MR) is 90.3 cm³/mol. The first-order valence-electron chi connectivity index (χ1n) is 9.38. The fraction of sp³-hybridized carbons (Fsp3) is 0.800. The third-order valence-corrected chi connectivity index (χ3v) is 6.44. The van der Waals surface area contributed by atoms with Crippen molar-refractivity contribution >= 4 is 0 Å². The highest BCUT2D eigenvalue weighted by molar-refractivity contribution is 5.01. The molecule has 0 aromatic heterocycles. The van der Waals surface area contributed by atoms with E-state index in [1.54, 1.807) is 0 Å². The molecule has 0 spiro atoms. The van der Waals surface area contributed by atoms with Gasteiger partial charge in [0.2, 0.25) is 0 Å². The van der Waals surface area contributed by atoms with E-state index in [1.807, 2.05) is 0 Å². The summed E-state index contributed by atoms with van der Waals surface area (Å²) in [5.41, 5.74) is 0. The zero-order valence-corrected chi connectivity index (χ0v) is 13.7. The van der Waals surface area contributed by atoms with Gasteiger partial charge in [0, 0.05) is 13.2 Å². The molecule has 2 saturated carbocycles. The second-order valence-electron chi connectivity index (χ2n) is 7.60. The molecule has 2 fully saturated rings. The van der Waals surface area contributed by atoms with Crippen LogP contribution in [0.4, 0.5) is 0 Å². The molecule has 0 radical (unpaired) electrons. The number of allylic oxidation sites excluding steroid dienone is 4. The first kappa shape index (κ1) is 16.3. The van der Waals surface area contributed by atoms with Crippen molar-refractivity contribution in [2.45, 2.75) is 51.4 Å². The van der Waals surface area contributed by atoms with E-state index in [9.17, 15) is 0 Å². The normalized spacial score (nSPS) is 45.4. The van der Waals surface area contributed by atoms with Gasteiger partial charge >= 0.3 is 0 Å². The lowest BCUT2D eigenvalue weighted by molar-refractivity contribution is 0.262. The lowest BCUT2D eigenvalue weighted by atomic mass is 10.1. The van der Waals surface area contributed by atoms with Crippen LogP contribution in [0.1, 0.15) is 51.4 Å². The quantitative estimate of drug-likeness (QED) is 0.759. The molecule has 0 aliphatic heterocycles. The van der Waals surface area contributed by atoms with Gasteiger partial charge in [-0.1, -0.05) is 24.3 Å². The van der Waals surface area contributed by atoms with Crippen molar-refractivity contribution in [1.29, 1.82) is 0 Å². The molecule has 4 aliphatic rings. The Balaban J connectivity index is 0.000000131. The Hall–Kier alpha value is -0.600. The van der Waals surface area contributed by atoms with Gasteiger partial charge in [-0.05, 0) is 86.9 Å². The van der Waals surface area contributed by atoms with E-state index in [2.05, 4.69) is 24.3 Å². The molecular weight excluding hydrogens is 272 g/mol. The highest BCUT2D eigenvalue weighted by Crippen LogP contribution is 2.53. The molecule has 0 heterocycles. The molecule has 124 valence electrons. The molecular formula is C20H32O2. The Morgan fingerprint density at radius 1 is 0.545 bits per heavy atom. The van der Waals surface area contributed by atoms with Crippen molar-refractivity contribution in [3.05, 3.63) is 24.3 Å². The second kappa shape index (κ2) is 7.79. The molecule has 2 nitrogen and oxygen atoms in total. The molecule has 0 amide bonds. The van der Waals surface area contributed by atoms with Crippen LogP contribution in [0, 0.1) is 35.5 Å². The zero-order chi connectivity index (χ0) is 15.4. The average molecular weight is 304 g/mol. The van der Waals surface area contributed by atoms with Crippen LogP contribution in [-0.2, 0) is 0 Å². The Bertz CT molecular complexity index is 331. The maximum absolute atomic E-state index is 9.00. The zero-order valence-electron chi connectivity index (χ0n) is 13.7. The molecule has 4 rings (SSSR count). The van der Waals surface area contributed by atoms with Gasteiger partial charge in [-0.15, -0.1) is 0 Å². The highest BCUT2D eigenvalue weighted by Gasteiger charge is 2.48. The van der Waals surface area contributed by atoms with Crippen molar-refractivity contribution in [3.8, 4) is 0 Å². The van der Waals surface area contributed by atoms with Crippen LogP contribution in [0.3, 0.4) is 0 Å². The summed E-state index contributed by atoms with van der Waals surface area (Å²) in [7, 11) is 0. The number of aliphatic hydroxyl groups is 2. The first-order chi connectivity index (χ1) is 10.9. The van der Waals surface area contributed by atoms with E-state index in [0.717, 1.165) is 23.7 Å². The van der Waals surface area contributed by atoms with Crippen molar-refractivity contribution < 1.29 is 10.2 Å². The van der Waals surface area contributed by atoms with E-state index in [1.165, 1.54) is 51.4 Å².